The molecular weight excluding hydrogens is 152 g/mol. The molecule has 3 nitrogen and oxygen atoms in total. The van der Waals surface area contributed by atoms with Gasteiger partial charge < -0.3 is 5.11 Å². The van der Waals surface area contributed by atoms with E-state index in [1.807, 2.05) is 12.1 Å². The van der Waals surface area contributed by atoms with Gasteiger partial charge in [0.15, 0.2) is 0 Å². The van der Waals surface area contributed by atoms with E-state index in [0.717, 1.165) is 0 Å². The summed E-state index contributed by atoms with van der Waals surface area (Å²) in [7, 11) is 0. The first-order valence-corrected chi connectivity index (χ1v) is 3.36. The highest BCUT2D eigenvalue weighted by Gasteiger charge is 2.05. The third-order valence-corrected chi connectivity index (χ3v) is 1.55. The summed E-state index contributed by atoms with van der Waals surface area (Å²) in [4.78, 5) is 0. The van der Waals surface area contributed by atoms with Gasteiger partial charge in [0.2, 0.25) is 0 Å². The molecule has 1 N–H and O–H groups in total. The van der Waals surface area contributed by atoms with Crippen LogP contribution in [-0.2, 0) is 6.61 Å². The molecule has 0 heterocycles. The van der Waals surface area contributed by atoms with Crippen molar-refractivity contribution in [2.24, 2.45) is 0 Å². The lowest BCUT2D eigenvalue weighted by Gasteiger charge is -1.99. The summed E-state index contributed by atoms with van der Waals surface area (Å²) in [6.07, 6.45) is 0. The topological polar surface area (TPSA) is 67.8 Å². The predicted octanol–water partition coefficient (Wildman–Crippen LogP) is 0.922. The third kappa shape index (κ3) is 1.27. The Balaban J connectivity index is 3.37. The molecule has 0 saturated heterocycles. The molecule has 0 amide bonds. The van der Waals surface area contributed by atoms with Gasteiger partial charge in [0.1, 0.15) is 12.1 Å². The van der Waals surface area contributed by atoms with Crippen LogP contribution in [0.2, 0.25) is 0 Å². The molecule has 0 radical (unpaired) electrons. The van der Waals surface area contributed by atoms with E-state index in [2.05, 4.69) is 0 Å². The minimum absolute atomic E-state index is 0.210. The number of aliphatic hydroxyl groups excluding tert-OH is 1. The molecule has 0 aromatic heterocycles. The van der Waals surface area contributed by atoms with Crippen LogP contribution in [0.25, 0.3) is 0 Å². The maximum atomic E-state index is 8.81. The van der Waals surface area contributed by atoms with Gasteiger partial charge in [0.25, 0.3) is 0 Å². The van der Waals surface area contributed by atoms with Gasteiger partial charge in [-0.2, -0.15) is 10.5 Å². The van der Waals surface area contributed by atoms with Crippen LogP contribution in [0.4, 0.5) is 0 Å². The number of hydrogen-bond donors (Lipinski definition) is 1. The Morgan fingerprint density at radius 1 is 1.25 bits per heavy atom. The van der Waals surface area contributed by atoms with Gasteiger partial charge in [-0.3, -0.25) is 0 Å². The zero-order valence-corrected chi connectivity index (χ0v) is 6.28. The van der Waals surface area contributed by atoms with Gasteiger partial charge in [0, 0.05) is 0 Å². The SMILES string of the molecule is N#Cc1cccc(CO)c1C#N. The molecule has 0 unspecified atom stereocenters. The zero-order chi connectivity index (χ0) is 8.97. The number of aliphatic hydroxyl groups is 1. The Morgan fingerprint density at radius 3 is 2.50 bits per heavy atom. The van der Waals surface area contributed by atoms with E-state index in [4.69, 9.17) is 15.6 Å². The van der Waals surface area contributed by atoms with Crippen molar-refractivity contribution in [3.63, 3.8) is 0 Å². The smallest absolute Gasteiger partial charge is 0.101 e. The molecule has 58 valence electrons. The fourth-order valence-electron chi connectivity index (χ4n) is 0.957. The lowest BCUT2D eigenvalue weighted by atomic mass is 10.0. The highest BCUT2D eigenvalue weighted by molar-refractivity contribution is 5.49. The fourth-order valence-corrected chi connectivity index (χ4v) is 0.957. The second kappa shape index (κ2) is 3.52. The molecule has 0 spiro atoms. The number of nitrogens with zero attached hydrogens (tertiary/aromatic N) is 2. The minimum Gasteiger partial charge on any atom is -0.392 e. The van der Waals surface area contributed by atoms with Crippen molar-refractivity contribution < 1.29 is 5.11 Å². The van der Waals surface area contributed by atoms with Crippen molar-refractivity contribution in [1.82, 2.24) is 0 Å². The second-order valence-corrected chi connectivity index (χ2v) is 2.22. The van der Waals surface area contributed by atoms with Crippen LogP contribution in [0.15, 0.2) is 18.2 Å². The third-order valence-electron chi connectivity index (χ3n) is 1.55. The van der Waals surface area contributed by atoms with E-state index in [9.17, 15) is 0 Å². The molecule has 0 aliphatic heterocycles. The Kier molecular flexibility index (Phi) is 2.42. The standard InChI is InChI=1S/C9H6N2O/c10-4-7-2-1-3-8(6-12)9(7)5-11/h1-3,12H,6H2. The zero-order valence-electron chi connectivity index (χ0n) is 6.28. The second-order valence-electron chi connectivity index (χ2n) is 2.22. The van der Waals surface area contributed by atoms with E-state index in [1.54, 1.807) is 18.2 Å². The monoisotopic (exact) mass is 158 g/mol. The molecular formula is C9H6N2O. The van der Waals surface area contributed by atoms with E-state index in [-0.39, 0.29) is 12.2 Å². The first kappa shape index (κ1) is 8.26. The van der Waals surface area contributed by atoms with Gasteiger partial charge in [-0.05, 0) is 11.6 Å². The Morgan fingerprint density at radius 2 is 2.00 bits per heavy atom. The largest absolute Gasteiger partial charge is 0.392 e. The van der Waals surface area contributed by atoms with Crippen LogP contribution in [0.5, 0.6) is 0 Å². The average Bonchev–Trinajstić information content (AvgIpc) is 2.16. The Bertz CT molecular complexity index is 371. The van der Waals surface area contributed by atoms with Crippen molar-refractivity contribution in [3.05, 3.63) is 34.9 Å². The van der Waals surface area contributed by atoms with E-state index in [1.165, 1.54) is 0 Å². The van der Waals surface area contributed by atoms with Gasteiger partial charge in [0.05, 0.1) is 17.7 Å². The van der Waals surface area contributed by atoms with Crippen LogP contribution < -0.4 is 0 Å². The number of nitriles is 2. The fraction of sp³-hybridized carbons (Fsp3) is 0.111. The van der Waals surface area contributed by atoms with E-state index < -0.39 is 0 Å². The van der Waals surface area contributed by atoms with Gasteiger partial charge in [-0.15, -0.1) is 0 Å². The molecule has 1 rings (SSSR count). The van der Waals surface area contributed by atoms with E-state index in [0.29, 0.717) is 11.1 Å². The van der Waals surface area contributed by atoms with Crippen molar-refractivity contribution in [3.8, 4) is 12.1 Å². The lowest BCUT2D eigenvalue weighted by molar-refractivity contribution is 0.281. The maximum Gasteiger partial charge on any atom is 0.101 e. The molecule has 0 fully saturated rings. The van der Waals surface area contributed by atoms with E-state index >= 15 is 0 Å². The molecule has 3 heteroatoms. The summed E-state index contributed by atoms with van der Waals surface area (Å²) in [5.74, 6) is 0. The average molecular weight is 158 g/mol. The number of hydrogen-bond acceptors (Lipinski definition) is 3. The summed E-state index contributed by atoms with van der Waals surface area (Å²) in [6.45, 7) is -0.210. The van der Waals surface area contributed by atoms with Crippen LogP contribution >= 0.6 is 0 Å². The Labute approximate surface area is 70.1 Å². The van der Waals surface area contributed by atoms with Gasteiger partial charge in [-0.1, -0.05) is 12.1 Å². The first-order valence-electron chi connectivity index (χ1n) is 3.36. The van der Waals surface area contributed by atoms with Crippen LogP contribution in [0.1, 0.15) is 16.7 Å². The van der Waals surface area contributed by atoms with Crippen LogP contribution in [0, 0.1) is 22.7 Å². The normalized spacial score (nSPS) is 8.58. The quantitative estimate of drug-likeness (QED) is 0.660. The van der Waals surface area contributed by atoms with Gasteiger partial charge in [-0.25, -0.2) is 0 Å². The molecule has 1 aromatic rings. The van der Waals surface area contributed by atoms with Crippen LogP contribution in [0.3, 0.4) is 0 Å². The molecule has 1 aromatic carbocycles. The van der Waals surface area contributed by atoms with Crippen LogP contribution in [-0.4, -0.2) is 5.11 Å². The molecule has 0 aliphatic rings. The number of rotatable bonds is 1. The maximum absolute atomic E-state index is 8.81. The molecule has 0 aliphatic carbocycles. The Hall–Kier alpha value is -1.84. The summed E-state index contributed by atoms with van der Waals surface area (Å²) in [6, 6.07) is 8.59. The van der Waals surface area contributed by atoms with Gasteiger partial charge >= 0.3 is 0 Å². The highest BCUT2D eigenvalue weighted by Crippen LogP contribution is 2.12. The number of benzene rings is 1. The summed E-state index contributed by atoms with van der Waals surface area (Å²) in [5.41, 5.74) is 1.07. The minimum atomic E-state index is -0.210. The predicted molar refractivity (Wildman–Crippen MR) is 41.8 cm³/mol. The lowest BCUT2D eigenvalue weighted by Crippen LogP contribution is -1.92. The van der Waals surface area contributed by atoms with Crippen molar-refractivity contribution in [2.75, 3.05) is 0 Å². The first-order chi connectivity index (χ1) is 5.83. The van der Waals surface area contributed by atoms with Crippen molar-refractivity contribution in [2.45, 2.75) is 6.61 Å². The molecule has 0 atom stereocenters. The molecule has 0 bridgehead atoms. The summed E-state index contributed by atoms with van der Waals surface area (Å²) >= 11 is 0. The van der Waals surface area contributed by atoms with Crippen molar-refractivity contribution in [1.29, 1.82) is 10.5 Å². The summed E-state index contributed by atoms with van der Waals surface area (Å²) < 4.78 is 0. The molecule has 0 saturated carbocycles. The molecule has 12 heavy (non-hydrogen) atoms. The summed E-state index contributed by atoms with van der Waals surface area (Å²) in [5, 5.41) is 26.0. The highest BCUT2D eigenvalue weighted by atomic mass is 16.3. The van der Waals surface area contributed by atoms with Crippen molar-refractivity contribution >= 4 is 0 Å².